The normalized spacial score (nSPS) is 13.6. The number of anilines is 3. The topological polar surface area (TPSA) is 91.0 Å². The Morgan fingerprint density at radius 2 is 1.87 bits per heavy atom. The van der Waals surface area contributed by atoms with E-state index in [2.05, 4.69) is 37.8 Å². The number of hydrogen-bond donors (Lipinski definition) is 4. The maximum Gasteiger partial charge on any atom is 0.230 e. The van der Waals surface area contributed by atoms with Gasteiger partial charge in [0.15, 0.2) is 0 Å². The average molecular weight is 543 g/mol. The Morgan fingerprint density at radius 1 is 1.05 bits per heavy atom. The quantitative estimate of drug-likeness (QED) is 0.229. The number of benzene rings is 3. The maximum absolute atomic E-state index is 13.7. The van der Waals surface area contributed by atoms with Gasteiger partial charge in [0.1, 0.15) is 11.6 Å². The molecule has 39 heavy (non-hydrogen) atoms. The molecule has 200 valence electrons. The van der Waals surface area contributed by atoms with Gasteiger partial charge in [-0.1, -0.05) is 42.5 Å². The Bertz CT molecular complexity index is 1460. The highest BCUT2D eigenvalue weighted by atomic mass is 32.2. The predicted octanol–water partition coefficient (Wildman–Crippen LogP) is 6.03. The summed E-state index contributed by atoms with van der Waals surface area (Å²) in [4.78, 5) is 23.4. The van der Waals surface area contributed by atoms with E-state index in [1.165, 1.54) is 12.1 Å². The molecule has 4 bridgehead atoms. The maximum atomic E-state index is 13.7. The van der Waals surface area contributed by atoms with Gasteiger partial charge in [0.2, 0.25) is 11.9 Å². The van der Waals surface area contributed by atoms with E-state index >= 15 is 0 Å². The molecule has 9 heteroatoms. The van der Waals surface area contributed by atoms with Crippen LogP contribution in [-0.4, -0.2) is 29.0 Å². The van der Waals surface area contributed by atoms with Crippen LogP contribution in [0.15, 0.2) is 83.9 Å². The Labute approximate surface area is 232 Å². The Morgan fingerprint density at radius 3 is 2.69 bits per heavy atom. The molecule has 4 N–H and O–H groups in total. The lowest BCUT2D eigenvalue weighted by Gasteiger charge is -2.24. The van der Waals surface area contributed by atoms with Crippen molar-refractivity contribution in [3.05, 3.63) is 95.9 Å². The number of carbonyl (C=O) groups is 1. The number of fused-ring (bicyclic) bond motifs is 4. The summed E-state index contributed by atoms with van der Waals surface area (Å²) >= 11 is 1.61. The van der Waals surface area contributed by atoms with E-state index in [0.29, 0.717) is 18.1 Å². The Hall–Kier alpha value is -3.95. The fraction of sp³-hybridized carbons (Fsp3) is 0.233. The minimum absolute atomic E-state index is 0.164. The molecule has 1 amide bonds. The van der Waals surface area contributed by atoms with Crippen molar-refractivity contribution < 1.29 is 9.18 Å². The lowest BCUT2D eigenvalue weighted by Crippen LogP contribution is -2.39. The van der Waals surface area contributed by atoms with E-state index in [1.54, 1.807) is 37.9 Å². The van der Waals surface area contributed by atoms with Crippen molar-refractivity contribution in [1.82, 2.24) is 20.0 Å². The fourth-order valence-electron chi connectivity index (χ4n) is 4.27. The van der Waals surface area contributed by atoms with Crippen molar-refractivity contribution in [2.75, 3.05) is 23.7 Å². The lowest BCUT2D eigenvalue weighted by atomic mass is 9.83. The van der Waals surface area contributed by atoms with Crippen LogP contribution in [0.2, 0.25) is 0 Å². The largest absolute Gasteiger partial charge is 0.369 e. The van der Waals surface area contributed by atoms with Crippen molar-refractivity contribution >= 4 is 35.3 Å². The van der Waals surface area contributed by atoms with Crippen LogP contribution < -0.4 is 20.7 Å². The van der Waals surface area contributed by atoms with Gasteiger partial charge in [-0.15, -0.1) is 0 Å². The standard InChI is InChI=1S/C30H31FN6OS/c1-30(2,22-6-3-7-23(31)16-22)28(38)33-18-20-10-12-21(13-11-20)26-19-34-29-36-24-8-4-9-25(17-24)39-35-15-5-14-32-27(26)37-29/h3-4,6-13,16-17,19,35H,5,14-15,18H2,1-2H3,(H,33,38)(H2,32,34,36,37). The van der Waals surface area contributed by atoms with Gasteiger partial charge in [0.25, 0.3) is 0 Å². The highest BCUT2D eigenvalue weighted by Crippen LogP contribution is 2.29. The number of aromatic nitrogens is 2. The first-order valence-electron chi connectivity index (χ1n) is 12.9. The van der Waals surface area contributed by atoms with Gasteiger partial charge in [-0.05, 0) is 79.2 Å². The van der Waals surface area contributed by atoms with Gasteiger partial charge in [-0.3, -0.25) is 9.52 Å². The van der Waals surface area contributed by atoms with E-state index in [9.17, 15) is 9.18 Å². The summed E-state index contributed by atoms with van der Waals surface area (Å²) in [5, 5.41) is 9.75. The number of rotatable bonds is 5. The molecule has 1 aliphatic heterocycles. The van der Waals surface area contributed by atoms with Gasteiger partial charge < -0.3 is 16.0 Å². The molecule has 3 aromatic carbocycles. The molecule has 4 aromatic rings. The first kappa shape index (κ1) is 26.6. The number of nitrogens with one attached hydrogen (secondary N) is 4. The second kappa shape index (κ2) is 11.8. The summed E-state index contributed by atoms with van der Waals surface area (Å²) in [6, 6.07) is 22.3. The predicted molar refractivity (Wildman–Crippen MR) is 155 cm³/mol. The minimum atomic E-state index is -0.856. The van der Waals surface area contributed by atoms with E-state index in [4.69, 9.17) is 4.98 Å². The van der Waals surface area contributed by atoms with Crippen molar-refractivity contribution in [1.29, 1.82) is 0 Å². The van der Waals surface area contributed by atoms with E-state index in [1.807, 2.05) is 42.6 Å². The van der Waals surface area contributed by atoms with Crippen molar-refractivity contribution in [3.8, 4) is 11.1 Å². The zero-order chi connectivity index (χ0) is 27.2. The van der Waals surface area contributed by atoms with E-state index in [-0.39, 0.29) is 11.7 Å². The molecule has 7 nitrogen and oxygen atoms in total. The summed E-state index contributed by atoms with van der Waals surface area (Å²) in [5.41, 5.74) is 3.53. The molecule has 1 aliphatic rings. The number of amides is 1. The molecular formula is C30H31FN6OS. The van der Waals surface area contributed by atoms with Gasteiger partial charge in [-0.2, -0.15) is 4.98 Å². The third kappa shape index (κ3) is 6.55. The number of hydrogen-bond acceptors (Lipinski definition) is 7. The molecular weight excluding hydrogens is 511 g/mol. The Balaban J connectivity index is 1.30. The highest BCUT2D eigenvalue weighted by molar-refractivity contribution is 7.97. The van der Waals surface area contributed by atoms with Crippen LogP contribution in [0.1, 0.15) is 31.4 Å². The smallest absolute Gasteiger partial charge is 0.230 e. The molecule has 5 rings (SSSR count). The Kier molecular flexibility index (Phi) is 8.09. The summed E-state index contributed by atoms with van der Waals surface area (Å²) < 4.78 is 17.1. The minimum Gasteiger partial charge on any atom is -0.369 e. The van der Waals surface area contributed by atoms with Crippen molar-refractivity contribution in [2.24, 2.45) is 0 Å². The number of halogens is 1. The molecule has 0 unspecified atom stereocenters. The molecule has 0 spiro atoms. The van der Waals surface area contributed by atoms with Crippen LogP contribution in [-0.2, 0) is 16.8 Å². The molecule has 0 saturated carbocycles. The fourth-order valence-corrected chi connectivity index (χ4v) is 5.02. The van der Waals surface area contributed by atoms with Gasteiger partial charge in [0, 0.05) is 42.0 Å². The zero-order valence-electron chi connectivity index (χ0n) is 21.9. The molecule has 1 aromatic heterocycles. The monoisotopic (exact) mass is 542 g/mol. The molecule has 0 fully saturated rings. The number of nitrogens with zero attached hydrogens (tertiary/aromatic N) is 2. The zero-order valence-corrected chi connectivity index (χ0v) is 22.7. The summed E-state index contributed by atoms with van der Waals surface area (Å²) in [5.74, 6) is 0.765. The first-order valence-corrected chi connectivity index (χ1v) is 13.7. The first-order chi connectivity index (χ1) is 18.9. The average Bonchev–Trinajstić information content (AvgIpc) is 2.94. The van der Waals surface area contributed by atoms with Crippen LogP contribution in [0.3, 0.4) is 0 Å². The molecule has 2 heterocycles. The summed E-state index contributed by atoms with van der Waals surface area (Å²) in [6.07, 6.45) is 2.76. The van der Waals surface area contributed by atoms with Crippen molar-refractivity contribution in [3.63, 3.8) is 0 Å². The highest BCUT2D eigenvalue weighted by Gasteiger charge is 2.29. The third-order valence-electron chi connectivity index (χ3n) is 6.65. The van der Waals surface area contributed by atoms with Crippen LogP contribution >= 0.6 is 11.9 Å². The van der Waals surface area contributed by atoms with Crippen LogP contribution in [0, 0.1) is 5.82 Å². The SMILES string of the molecule is CC(C)(C(=O)NCc1ccc(-c2cnc3nc2NCCCNSc2cccc(c2)N3)cc1)c1cccc(F)c1. The van der Waals surface area contributed by atoms with Gasteiger partial charge in [-0.25, -0.2) is 9.37 Å². The molecule has 0 atom stereocenters. The summed E-state index contributed by atoms with van der Waals surface area (Å²) in [6.45, 7) is 5.58. The third-order valence-corrected chi connectivity index (χ3v) is 7.49. The molecule has 0 aliphatic carbocycles. The van der Waals surface area contributed by atoms with Gasteiger partial charge in [0.05, 0.1) is 5.41 Å². The molecule has 0 radical (unpaired) electrons. The van der Waals surface area contributed by atoms with E-state index in [0.717, 1.165) is 52.6 Å². The van der Waals surface area contributed by atoms with Crippen LogP contribution in [0.4, 0.5) is 21.8 Å². The van der Waals surface area contributed by atoms with Crippen LogP contribution in [0.25, 0.3) is 11.1 Å². The number of carbonyl (C=O) groups excluding carboxylic acids is 1. The van der Waals surface area contributed by atoms with Crippen LogP contribution in [0.5, 0.6) is 0 Å². The summed E-state index contributed by atoms with van der Waals surface area (Å²) in [7, 11) is 0. The van der Waals surface area contributed by atoms with Gasteiger partial charge >= 0.3 is 0 Å². The molecule has 0 saturated heterocycles. The van der Waals surface area contributed by atoms with E-state index < -0.39 is 5.41 Å². The van der Waals surface area contributed by atoms with Crippen molar-refractivity contribution in [2.45, 2.75) is 37.1 Å². The lowest BCUT2D eigenvalue weighted by molar-refractivity contribution is -0.125. The second-order valence-electron chi connectivity index (χ2n) is 9.90. The second-order valence-corrected chi connectivity index (χ2v) is 10.9.